The zero-order chi connectivity index (χ0) is 14.7. The van der Waals surface area contributed by atoms with Crippen molar-refractivity contribution in [2.24, 2.45) is 0 Å². The van der Waals surface area contributed by atoms with Crippen molar-refractivity contribution in [1.29, 1.82) is 0 Å². The zero-order valence-electron chi connectivity index (χ0n) is 12.6. The van der Waals surface area contributed by atoms with Gasteiger partial charge in [-0.05, 0) is 30.9 Å². The van der Waals surface area contributed by atoms with Crippen molar-refractivity contribution in [2.75, 3.05) is 19.6 Å². The van der Waals surface area contributed by atoms with Crippen molar-refractivity contribution in [1.82, 2.24) is 4.90 Å². The lowest BCUT2D eigenvalue weighted by molar-refractivity contribution is 0.0463. The number of β-amino-alcohol motifs (C(OH)–C–C–N with tert-alkyl or cyclic N) is 1. The van der Waals surface area contributed by atoms with Crippen LogP contribution in [0.2, 0.25) is 0 Å². The van der Waals surface area contributed by atoms with Crippen LogP contribution in [-0.4, -0.2) is 29.6 Å². The number of hydrogen-bond acceptors (Lipinski definition) is 2. The van der Waals surface area contributed by atoms with Gasteiger partial charge in [0.25, 0.3) is 0 Å². The minimum Gasteiger partial charge on any atom is -0.384 e. The Hall–Kier alpha value is -1.64. The van der Waals surface area contributed by atoms with Crippen molar-refractivity contribution in [2.45, 2.75) is 25.4 Å². The number of rotatable bonds is 4. The molecule has 0 unspecified atom stereocenters. The largest absolute Gasteiger partial charge is 0.384 e. The van der Waals surface area contributed by atoms with Gasteiger partial charge >= 0.3 is 0 Å². The van der Waals surface area contributed by atoms with Crippen molar-refractivity contribution in [3.05, 3.63) is 71.3 Å². The summed E-state index contributed by atoms with van der Waals surface area (Å²) in [5.41, 5.74) is 3.07. The Morgan fingerprint density at radius 3 is 2.67 bits per heavy atom. The van der Waals surface area contributed by atoms with E-state index in [0.717, 1.165) is 38.0 Å². The fourth-order valence-electron chi connectivity index (χ4n) is 3.20. The third kappa shape index (κ3) is 3.34. The van der Waals surface area contributed by atoms with Crippen LogP contribution in [0.1, 0.15) is 23.1 Å². The Morgan fingerprint density at radius 1 is 1.10 bits per heavy atom. The highest BCUT2D eigenvalue weighted by atomic mass is 16.3. The van der Waals surface area contributed by atoms with Crippen LogP contribution in [0.5, 0.6) is 0 Å². The van der Waals surface area contributed by atoms with Gasteiger partial charge in [-0.25, -0.2) is 0 Å². The third-order valence-electron chi connectivity index (χ3n) is 4.44. The average Bonchev–Trinajstić information content (AvgIpc) is 2.89. The van der Waals surface area contributed by atoms with E-state index in [1.54, 1.807) is 0 Å². The Bertz CT molecular complexity index is 596. The molecule has 1 aliphatic heterocycles. The first-order chi connectivity index (χ1) is 10.2. The molecule has 1 fully saturated rings. The Balaban J connectivity index is 1.60. The molecular formula is C19H23NO. The van der Waals surface area contributed by atoms with E-state index >= 15 is 0 Å². The highest BCUT2D eigenvalue weighted by molar-refractivity contribution is 5.25. The molecule has 0 aliphatic carbocycles. The van der Waals surface area contributed by atoms with Crippen LogP contribution in [0, 0.1) is 6.92 Å². The number of aryl methyl sites for hydroxylation is 1. The molecule has 1 atom stereocenters. The summed E-state index contributed by atoms with van der Waals surface area (Å²) < 4.78 is 0. The molecule has 21 heavy (non-hydrogen) atoms. The molecule has 0 bridgehead atoms. The fraction of sp³-hybridized carbons (Fsp3) is 0.368. The first-order valence-electron chi connectivity index (χ1n) is 7.72. The summed E-state index contributed by atoms with van der Waals surface area (Å²) in [5, 5.41) is 10.8. The molecule has 2 heteroatoms. The Labute approximate surface area is 127 Å². The summed E-state index contributed by atoms with van der Waals surface area (Å²) in [6.45, 7) is 4.85. The second kappa shape index (κ2) is 6.00. The summed E-state index contributed by atoms with van der Waals surface area (Å²) in [6, 6.07) is 18.8. The highest BCUT2D eigenvalue weighted by Gasteiger charge is 2.37. The van der Waals surface area contributed by atoms with E-state index in [9.17, 15) is 5.11 Å². The van der Waals surface area contributed by atoms with Crippen LogP contribution in [0.15, 0.2) is 54.6 Å². The molecule has 2 nitrogen and oxygen atoms in total. The van der Waals surface area contributed by atoms with Crippen molar-refractivity contribution in [3.8, 4) is 0 Å². The van der Waals surface area contributed by atoms with Gasteiger partial charge in [0.2, 0.25) is 0 Å². The lowest BCUT2D eigenvalue weighted by Crippen LogP contribution is -2.31. The monoisotopic (exact) mass is 281 g/mol. The van der Waals surface area contributed by atoms with Crippen LogP contribution in [0.25, 0.3) is 0 Å². The molecule has 0 aromatic heterocycles. The van der Waals surface area contributed by atoms with Crippen LogP contribution in [0.4, 0.5) is 0 Å². The zero-order valence-corrected chi connectivity index (χ0v) is 12.6. The number of hydrogen-bond donors (Lipinski definition) is 1. The number of benzene rings is 2. The number of nitrogens with zero attached hydrogens (tertiary/aromatic N) is 1. The minimum absolute atomic E-state index is 0.673. The molecule has 1 saturated heterocycles. The lowest BCUT2D eigenvalue weighted by atomic mass is 9.93. The molecule has 0 amide bonds. The van der Waals surface area contributed by atoms with Gasteiger partial charge in [-0.15, -0.1) is 0 Å². The Morgan fingerprint density at radius 2 is 1.90 bits per heavy atom. The summed E-state index contributed by atoms with van der Waals surface area (Å²) in [7, 11) is 0. The predicted molar refractivity (Wildman–Crippen MR) is 86.3 cm³/mol. The maximum atomic E-state index is 10.8. The van der Waals surface area contributed by atoms with E-state index in [1.807, 2.05) is 30.3 Å². The van der Waals surface area contributed by atoms with Gasteiger partial charge in [-0.2, -0.15) is 0 Å². The van der Waals surface area contributed by atoms with Gasteiger partial charge in [-0.3, -0.25) is 4.90 Å². The van der Waals surface area contributed by atoms with E-state index in [0.29, 0.717) is 0 Å². The van der Waals surface area contributed by atoms with Crippen molar-refractivity contribution in [3.63, 3.8) is 0 Å². The first kappa shape index (κ1) is 14.3. The quantitative estimate of drug-likeness (QED) is 0.930. The smallest absolute Gasteiger partial charge is 0.103 e. The second-order valence-corrected chi connectivity index (χ2v) is 6.16. The van der Waals surface area contributed by atoms with E-state index in [1.165, 1.54) is 11.1 Å². The van der Waals surface area contributed by atoms with Crippen LogP contribution >= 0.6 is 0 Å². The Kier molecular flexibility index (Phi) is 4.09. The van der Waals surface area contributed by atoms with E-state index < -0.39 is 5.60 Å². The molecule has 1 heterocycles. The highest BCUT2D eigenvalue weighted by Crippen LogP contribution is 2.31. The third-order valence-corrected chi connectivity index (χ3v) is 4.44. The van der Waals surface area contributed by atoms with Crippen molar-refractivity contribution < 1.29 is 5.11 Å². The maximum Gasteiger partial charge on any atom is 0.103 e. The van der Waals surface area contributed by atoms with Crippen LogP contribution in [-0.2, 0) is 12.0 Å². The molecule has 110 valence electrons. The number of likely N-dealkylation sites (tertiary alicyclic amines) is 1. The standard InChI is InChI=1S/C19H23NO/c1-16-6-5-7-17(14-16)10-12-20-13-11-19(21,15-20)18-8-3-2-4-9-18/h2-9,14,21H,10-13,15H2,1H3/t19-/m0/s1. The fourth-order valence-corrected chi connectivity index (χ4v) is 3.20. The predicted octanol–water partition coefficient (Wildman–Crippen LogP) is 3.13. The molecule has 0 spiro atoms. The molecule has 0 radical (unpaired) electrons. The molecule has 3 rings (SSSR count). The molecule has 1 N–H and O–H groups in total. The van der Waals surface area contributed by atoms with Gasteiger partial charge in [0.15, 0.2) is 0 Å². The van der Waals surface area contributed by atoms with Gasteiger partial charge in [0.1, 0.15) is 5.60 Å². The van der Waals surface area contributed by atoms with Gasteiger partial charge in [0.05, 0.1) is 0 Å². The molecule has 0 saturated carbocycles. The lowest BCUT2D eigenvalue weighted by Gasteiger charge is -2.24. The number of aliphatic hydroxyl groups is 1. The van der Waals surface area contributed by atoms with Crippen molar-refractivity contribution >= 4 is 0 Å². The van der Waals surface area contributed by atoms with E-state index in [2.05, 4.69) is 36.1 Å². The maximum absolute atomic E-state index is 10.8. The van der Waals surface area contributed by atoms with Crippen LogP contribution in [0.3, 0.4) is 0 Å². The van der Waals surface area contributed by atoms with Gasteiger partial charge in [0, 0.05) is 19.6 Å². The topological polar surface area (TPSA) is 23.5 Å². The molecule has 1 aliphatic rings. The second-order valence-electron chi connectivity index (χ2n) is 6.16. The minimum atomic E-state index is -0.673. The summed E-state index contributed by atoms with van der Waals surface area (Å²) in [5.74, 6) is 0. The summed E-state index contributed by atoms with van der Waals surface area (Å²) >= 11 is 0. The molecule has 2 aromatic rings. The van der Waals surface area contributed by atoms with Crippen LogP contribution < -0.4 is 0 Å². The molecule has 2 aromatic carbocycles. The van der Waals surface area contributed by atoms with Gasteiger partial charge < -0.3 is 5.11 Å². The van der Waals surface area contributed by atoms with Gasteiger partial charge in [-0.1, -0.05) is 60.2 Å². The van der Waals surface area contributed by atoms with E-state index in [4.69, 9.17) is 0 Å². The summed E-state index contributed by atoms with van der Waals surface area (Å²) in [4.78, 5) is 2.37. The SMILES string of the molecule is Cc1cccc(CCN2CC[C@@](O)(c3ccccc3)C2)c1. The molecular weight excluding hydrogens is 258 g/mol. The first-order valence-corrected chi connectivity index (χ1v) is 7.72. The summed E-state index contributed by atoms with van der Waals surface area (Å²) in [6.07, 6.45) is 1.87. The average molecular weight is 281 g/mol. The van der Waals surface area contributed by atoms with E-state index in [-0.39, 0.29) is 0 Å². The normalized spacial score (nSPS) is 22.6.